The first-order valence-electron chi connectivity index (χ1n) is 5.22. The molecule has 0 nitrogen and oxygen atoms in total. The molecule has 0 spiro atoms. The quantitative estimate of drug-likeness (QED) is 0.735. The van der Waals surface area contributed by atoms with Crippen LogP contribution in [0.25, 0.3) is 0 Å². The molecule has 76 valence electrons. The van der Waals surface area contributed by atoms with Crippen LogP contribution in [-0.2, 0) is 6.42 Å². The summed E-state index contributed by atoms with van der Waals surface area (Å²) >= 11 is -1.80. The molecule has 1 rings (SSSR count). The van der Waals surface area contributed by atoms with Gasteiger partial charge in [0, 0.05) is 0 Å². The molecule has 0 N–H and O–H groups in total. The van der Waals surface area contributed by atoms with Crippen molar-refractivity contribution in [2.75, 3.05) is 0 Å². The van der Waals surface area contributed by atoms with Gasteiger partial charge in [-0.1, -0.05) is 0 Å². The molecule has 0 aromatic heterocycles. The second kappa shape index (κ2) is 5.01. The van der Waals surface area contributed by atoms with Crippen molar-refractivity contribution in [3.05, 3.63) is 46.1 Å². The van der Waals surface area contributed by atoms with Crippen LogP contribution < -0.4 is 0 Å². The van der Waals surface area contributed by atoms with Crippen LogP contribution in [0.15, 0.2) is 40.5 Å². The van der Waals surface area contributed by atoms with Gasteiger partial charge in [-0.25, -0.2) is 0 Å². The molecule has 1 aromatic rings. The van der Waals surface area contributed by atoms with Crippen LogP contribution >= 0.6 is 0 Å². The number of hydrogen-bond donors (Lipinski definition) is 0. The fraction of sp³-hybridized carbons (Fsp3) is 0.385. The van der Waals surface area contributed by atoms with E-state index in [0.717, 1.165) is 6.42 Å². The number of benzene rings is 1. The van der Waals surface area contributed by atoms with Gasteiger partial charge in [-0.15, -0.1) is 0 Å². The van der Waals surface area contributed by atoms with Gasteiger partial charge in [0.15, 0.2) is 0 Å². The van der Waals surface area contributed by atoms with Crippen LogP contribution in [0, 0.1) is 0 Å². The molecular formula is C13H20Sn. The summed E-state index contributed by atoms with van der Waals surface area (Å²) < 4.78 is 1.54. The SMILES string of the molecule is C=[C](CCc1ccccc1)[Sn]([CH3])([CH3])[CH3]. The van der Waals surface area contributed by atoms with Gasteiger partial charge in [-0.2, -0.15) is 0 Å². The molecule has 0 atom stereocenters. The topological polar surface area (TPSA) is 0 Å². The van der Waals surface area contributed by atoms with E-state index in [-0.39, 0.29) is 0 Å². The first kappa shape index (κ1) is 11.8. The number of allylic oxidation sites excluding steroid dienone is 1. The fourth-order valence-corrected chi connectivity index (χ4v) is 3.81. The van der Waals surface area contributed by atoms with Crippen LogP contribution in [0.2, 0.25) is 14.8 Å². The number of aryl methyl sites for hydroxylation is 1. The van der Waals surface area contributed by atoms with Crippen LogP contribution in [0.3, 0.4) is 0 Å². The van der Waals surface area contributed by atoms with E-state index in [2.05, 4.69) is 51.7 Å². The molecule has 0 aliphatic rings. The zero-order chi connectivity index (χ0) is 10.6. The predicted octanol–water partition coefficient (Wildman–Crippen LogP) is 4.05. The Bertz CT molecular complexity index is 293. The van der Waals surface area contributed by atoms with Crippen molar-refractivity contribution >= 4 is 18.4 Å². The molecule has 14 heavy (non-hydrogen) atoms. The normalized spacial score (nSPS) is 11.4. The maximum absolute atomic E-state index is 4.23. The van der Waals surface area contributed by atoms with E-state index in [1.165, 1.54) is 12.0 Å². The van der Waals surface area contributed by atoms with Crippen molar-refractivity contribution in [2.45, 2.75) is 27.7 Å². The standard InChI is InChI=1S/C10H11.3CH3.Sn/c1-2-3-7-10-8-5-4-6-9-10;;;;/h4-6,8-9H,1,3,7H2;3*1H3;. The Kier molecular flexibility index (Phi) is 4.24. The van der Waals surface area contributed by atoms with E-state index in [1.54, 1.807) is 3.59 Å². The van der Waals surface area contributed by atoms with Crippen molar-refractivity contribution in [1.82, 2.24) is 0 Å². The Hall–Kier alpha value is -0.241. The zero-order valence-electron chi connectivity index (χ0n) is 9.51. The maximum atomic E-state index is 4.23. The van der Waals surface area contributed by atoms with E-state index in [4.69, 9.17) is 0 Å². The van der Waals surface area contributed by atoms with E-state index < -0.39 is 18.4 Å². The Morgan fingerprint density at radius 1 is 1.14 bits per heavy atom. The van der Waals surface area contributed by atoms with Gasteiger partial charge in [0.1, 0.15) is 0 Å². The monoisotopic (exact) mass is 296 g/mol. The summed E-state index contributed by atoms with van der Waals surface area (Å²) in [7, 11) is 0. The van der Waals surface area contributed by atoms with Crippen LogP contribution in [0.4, 0.5) is 0 Å². The average molecular weight is 295 g/mol. The van der Waals surface area contributed by atoms with Gasteiger partial charge < -0.3 is 0 Å². The van der Waals surface area contributed by atoms with Crippen LogP contribution in [-0.4, -0.2) is 18.4 Å². The number of hydrogen-bond acceptors (Lipinski definition) is 0. The van der Waals surface area contributed by atoms with E-state index in [1.807, 2.05) is 0 Å². The van der Waals surface area contributed by atoms with Crippen molar-refractivity contribution in [1.29, 1.82) is 0 Å². The molecule has 1 aromatic carbocycles. The molecule has 0 aliphatic heterocycles. The summed E-state index contributed by atoms with van der Waals surface area (Å²) in [5.74, 6) is 0. The summed E-state index contributed by atoms with van der Waals surface area (Å²) in [5, 5.41) is 0. The molecule has 0 saturated carbocycles. The van der Waals surface area contributed by atoms with Crippen molar-refractivity contribution in [3.63, 3.8) is 0 Å². The Balaban J connectivity index is 2.46. The molecule has 0 bridgehead atoms. The van der Waals surface area contributed by atoms with Gasteiger partial charge in [-0.3, -0.25) is 0 Å². The second-order valence-electron chi connectivity index (χ2n) is 4.84. The fourth-order valence-electron chi connectivity index (χ4n) is 1.31. The van der Waals surface area contributed by atoms with E-state index in [0.29, 0.717) is 0 Å². The first-order valence-corrected chi connectivity index (χ1v) is 15.2. The average Bonchev–Trinajstić information content (AvgIpc) is 2.14. The molecule has 1 heteroatoms. The molecular weight excluding hydrogens is 275 g/mol. The van der Waals surface area contributed by atoms with Gasteiger partial charge in [-0.05, 0) is 0 Å². The summed E-state index contributed by atoms with van der Waals surface area (Å²) in [4.78, 5) is 7.30. The van der Waals surface area contributed by atoms with Crippen molar-refractivity contribution in [3.8, 4) is 0 Å². The molecule has 0 saturated heterocycles. The Morgan fingerprint density at radius 2 is 1.71 bits per heavy atom. The first-order chi connectivity index (χ1) is 6.50. The zero-order valence-corrected chi connectivity index (χ0v) is 12.4. The van der Waals surface area contributed by atoms with Gasteiger partial charge in [0.05, 0.1) is 0 Å². The van der Waals surface area contributed by atoms with Crippen LogP contribution in [0.5, 0.6) is 0 Å². The van der Waals surface area contributed by atoms with Gasteiger partial charge in [0.2, 0.25) is 0 Å². The second-order valence-corrected chi connectivity index (χ2v) is 19.7. The third-order valence-electron chi connectivity index (χ3n) is 2.62. The summed E-state index contributed by atoms with van der Waals surface area (Å²) in [5.41, 5.74) is 1.43. The molecule has 0 aliphatic carbocycles. The van der Waals surface area contributed by atoms with Gasteiger partial charge in [0.25, 0.3) is 0 Å². The third kappa shape index (κ3) is 3.87. The molecule has 0 fully saturated rings. The summed E-state index contributed by atoms with van der Waals surface area (Å²) in [6.07, 6.45) is 2.34. The summed E-state index contributed by atoms with van der Waals surface area (Å²) in [6.45, 7) is 4.23. The van der Waals surface area contributed by atoms with E-state index in [9.17, 15) is 0 Å². The Morgan fingerprint density at radius 3 is 2.21 bits per heavy atom. The van der Waals surface area contributed by atoms with Crippen molar-refractivity contribution in [2.24, 2.45) is 0 Å². The third-order valence-corrected chi connectivity index (χ3v) is 9.39. The van der Waals surface area contributed by atoms with Crippen LogP contribution in [0.1, 0.15) is 12.0 Å². The predicted molar refractivity (Wildman–Crippen MR) is 67.2 cm³/mol. The molecule has 0 unspecified atom stereocenters. The molecule has 0 amide bonds. The van der Waals surface area contributed by atoms with E-state index >= 15 is 0 Å². The van der Waals surface area contributed by atoms with Crippen molar-refractivity contribution < 1.29 is 0 Å². The molecule has 0 radical (unpaired) electrons. The number of rotatable bonds is 4. The summed E-state index contributed by atoms with van der Waals surface area (Å²) in [6, 6.07) is 10.7. The minimum absolute atomic E-state index is 1.16. The minimum atomic E-state index is -1.80. The Labute approximate surface area is 91.9 Å². The van der Waals surface area contributed by atoms with Gasteiger partial charge >= 0.3 is 92.1 Å². The molecule has 0 heterocycles.